The van der Waals surface area contributed by atoms with Crippen LogP contribution in [-0.4, -0.2) is 15.9 Å². The molecule has 0 bridgehead atoms. The van der Waals surface area contributed by atoms with Crippen LogP contribution in [-0.2, 0) is 0 Å². The van der Waals surface area contributed by atoms with Gasteiger partial charge in [0.2, 0.25) is 3.79 Å². The smallest absolute Gasteiger partial charge is 0.253 e. The third-order valence-electron chi connectivity index (χ3n) is 2.92. The molecular weight excluding hydrogens is 528 g/mol. The zero-order valence-electron chi connectivity index (χ0n) is 11.8. The van der Waals surface area contributed by atoms with Gasteiger partial charge in [-0.3, -0.25) is 4.79 Å². The topological polar surface area (TPSA) is 41.1 Å². The Labute approximate surface area is 178 Å². The zero-order chi connectivity index (χ0) is 17.9. The lowest BCUT2D eigenvalue weighted by Gasteiger charge is -2.27. The molecule has 0 unspecified atom stereocenters. The summed E-state index contributed by atoms with van der Waals surface area (Å²) in [4.78, 5) is 12.4. The molecule has 1 atom stereocenters. The molecule has 3 nitrogen and oxygen atoms in total. The molecule has 128 valence electrons. The van der Waals surface area contributed by atoms with Gasteiger partial charge in [-0.1, -0.05) is 64.1 Å². The first-order valence-corrected chi connectivity index (χ1v) is 9.48. The highest BCUT2D eigenvalue weighted by Crippen LogP contribution is 2.32. The molecule has 2 N–H and O–H groups in total. The lowest BCUT2D eigenvalue weighted by atomic mass is 10.2. The van der Waals surface area contributed by atoms with Gasteiger partial charge in [0.15, 0.2) is 0 Å². The van der Waals surface area contributed by atoms with Gasteiger partial charge in [-0.25, -0.2) is 0 Å². The first kappa shape index (κ1) is 20.2. The first-order valence-electron chi connectivity index (χ1n) is 6.51. The summed E-state index contributed by atoms with van der Waals surface area (Å²) < 4.78 is -0.868. The highest BCUT2D eigenvalue weighted by Gasteiger charge is 2.34. The molecule has 2 aromatic carbocycles. The number of rotatable bonds is 4. The maximum Gasteiger partial charge on any atom is 0.253 e. The van der Waals surface area contributed by atoms with Crippen LogP contribution >= 0.6 is 80.6 Å². The van der Waals surface area contributed by atoms with Crippen molar-refractivity contribution in [3.63, 3.8) is 0 Å². The van der Waals surface area contributed by atoms with E-state index < -0.39 is 9.96 Å². The van der Waals surface area contributed by atoms with Gasteiger partial charge in [0.05, 0.1) is 10.0 Å². The number of anilines is 1. The summed E-state index contributed by atoms with van der Waals surface area (Å²) in [5.74, 6) is -0.377. The molecule has 0 heterocycles. The molecule has 1 amide bonds. The predicted molar refractivity (Wildman–Crippen MR) is 111 cm³/mol. The van der Waals surface area contributed by atoms with Gasteiger partial charge < -0.3 is 10.6 Å². The quantitative estimate of drug-likeness (QED) is 0.279. The summed E-state index contributed by atoms with van der Waals surface area (Å²) in [5.41, 5.74) is 1.00. The molecule has 2 aromatic rings. The van der Waals surface area contributed by atoms with E-state index in [1.165, 1.54) is 0 Å². The summed E-state index contributed by atoms with van der Waals surface area (Å²) in [6, 6.07) is 11.9. The van der Waals surface area contributed by atoms with Gasteiger partial charge in [-0.05, 0) is 59.0 Å². The number of hydrogen-bond donors (Lipinski definition) is 2. The van der Waals surface area contributed by atoms with E-state index in [4.69, 9.17) is 58.0 Å². The molecule has 0 saturated carbocycles. The van der Waals surface area contributed by atoms with Crippen LogP contribution in [0.2, 0.25) is 10.0 Å². The third-order valence-corrected chi connectivity index (χ3v) is 4.98. The fourth-order valence-corrected chi connectivity index (χ4v) is 2.96. The van der Waals surface area contributed by atoms with Crippen LogP contribution < -0.4 is 10.6 Å². The normalized spacial score (nSPS) is 12.6. The van der Waals surface area contributed by atoms with E-state index in [9.17, 15) is 4.79 Å². The number of benzene rings is 2. The molecule has 0 aliphatic carbocycles. The molecule has 24 heavy (non-hydrogen) atoms. The highest BCUT2D eigenvalue weighted by atomic mass is 127. The Kier molecular flexibility index (Phi) is 7.17. The monoisotopic (exact) mass is 536 g/mol. The van der Waals surface area contributed by atoms with Gasteiger partial charge in [0.25, 0.3) is 5.91 Å². The van der Waals surface area contributed by atoms with E-state index in [0.717, 1.165) is 3.57 Å². The largest absolute Gasteiger partial charge is 0.362 e. The van der Waals surface area contributed by atoms with Crippen molar-refractivity contribution in [2.24, 2.45) is 0 Å². The third kappa shape index (κ3) is 5.71. The van der Waals surface area contributed by atoms with Crippen molar-refractivity contribution in [3.8, 4) is 0 Å². The van der Waals surface area contributed by atoms with Crippen LogP contribution in [0.1, 0.15) is 10.4 Å². The Morgan fingerprint density at radius 3 is 2.33 bits per heavy atom. The van der Waals surface area contributed by atoms with Crippen molar-refractivity contribution in [3.05, 3.63) is 61.6 Å². The van der Waals surface area contributed by atoms with Crippen molar-refractivity contribution in [2.75, 3.05) is 5.32 Å². The van der Waals surface area contributed by atoms with Crippen LogP contribution in [0.25, 0.3) is 0 Å². The Balaban J connectivity index is 2.19. The van der Waals surface area contributed by atoms with E-state index in [0.29, 0.717) is 21.3 Å². The zero-order valence-corrected chi connectivity index (χ0v) is 17.7. The van der Waals surface area contributed by atoms with E-state index in [1.54, 1.807) is 36.4 Å². The molecule has 0 spiro atoms. The Bertz CT molecular complexity index is 751. The fraction of sp³-hybridized carbons (Fsp3) is 0.133. The van der Waals surface area contributed by atoms with Crippen molar-refractivity contribution in [2.45, 2.75) is 9.96 Å². The Hall–Kier alpha value is -0.110. The Morgan fingerprint density at radius 2 is 1.75 bits per heavy atom. The van der Waals surface area contributed by atoms with Crippen LogP contribution in [0.15, 0.2) is 42.5 Å². The van der Waals surface area contributed by atoms with Crippen molar-refractivity contribution >= 4 is 92.2 Å². The number of carbonyl (C=O) groups excluding carboxylic acids is 1. The minimum atomic E-state index is -1.79. The van der Waals surface area contributed by atoms with E-state index in [1.807, 2.05) is 6.07 Å². The molecular formula is C15H10Cl5IN2O. The first-order chi connectivity index (χ1) is 11.2. The number of hydrogen-bond acceptors (Lipinski definition) is 2. The van der Waals surface area contributed by atoms with Gasteiger partial charge in [-0.15, -0.1) is 0 Å². The molecule has 9 heteroatoms. The SMILES string of the molecule is O=C(N[C@@H](Nc1ccc(Cl)c(Cl)c1)C(Cl)(Cl)Cl)c1cccc(I)c1. The number of carbonyl (C=O) groups is 1. The second-order valence-corrected chi connectivity index (χ2v) is 9.16. The second-order valence-electron chi connectivity index (χ2n) is 4.73. The van der Waals surface area contributed by atoms with E-state index in [2.05, 4.69) is 33.2 Å². The molecule has 2 rings (SSSR count). The minimum Gasteiger partial charge on any atom is -0.362 e. The van der Waals surface area contributed by atoms with Crippen molar-refractivity contribution in [1.82, 2.24) is 5.32 Å². The molecule has 0 aliphatic rings. The molecule has 0 aliphatic heterocycles. The number of alkyl halides is 3. The van der Waals surface area contributed by atoms with Crippen LogP contribution in [0.5, 0.6) is 0 Å². The van der Waals surface area contributed by atoms with Gasteiger partial charge in [0.1, 0.15) is 6.17 Å². The summed E-state index contributed by atoms with van der Waals surface area (Å²) in [6.07, 6.45) is -0.981. The summed E-state index contributed by atoms with van der Waals surface area (Å²) in [7, 11) is 0. The van der Waals surface area contributed by atoms with Crippen LogP contribution in [0.3, 0.4) is 0 Å². The van der Waals surface area contributed by atoms with E-state index in [-0.39, 0.29) is 5.91 Å². The van der Waals surface area contributed by atoms with Gasteiger partial charge >= 0.3 is 0 Å². The van der Waals surface area contributed by atoms with E-state index >= 15 is 0 Å². The van der Waals surface area contributed by atoms with Crippen molar-refractivity contribution in [1.29, 1.82) is 0 Å². The molecule has 0 aromatic heterocycles. The van der Waals surface area contributed by atoms with Crippen LogP contribution in [0.4, 0.5) is 5.69 Å². The average molecular weight is 538 g/mol. The lowest BCUT2D eigenvalue weighted by molar-refractivity contribution is 0.0942. The maximum absolute atomic E-state index is 12.4. The standard InChI is InChI=1S/C15H10Cl5IN2O/c16-11-5-4-10(7-12(11)17)22-14(15(18,19)20)23-13(24)8-2-1-3-9(21)6-8/h1-7,14,22H,(H,23,24)/t14-/m1/s1. The average Bonchev–Trinajstić information content (AvgIpc) is 2.49. The fourth-order valence-electron chi connectivity index (χ4n) is 1.80. The van der Waals surface area contributed by atoms with Crippen molar-refractivity contribution < 1.29 is 4.79 Å². The second kappa shape index (κ2) is 8.52. The molecule has 0 radical (unpaired) electrons. The molecule has 0 saturated heterocycles. The number of nitrogens with one attached hydrogen (secondary N) is 2. The predicted octanol–water partition coefficient (Wildman–Crippen LogP) is 6.14. The highest BCUT2D eigenvalue weighted by molar-refractivity contribution is 14.1. The minimum absolute atomic E-state index is 0.341. The summed E-state index contributed by atoms with van der Waals surface area (Å²) in [6.45, 7) is 0. The maximum atomic E-state index is 12.4. The van der Waals surface area contributed by atoms with Crippen LogP contribution in [0, 0.1) is 3.57 Å². The Morgan fingerprint density at radius 1 is 1.04 bits per heavy atom. The van der Waals surface area contributed by atoms with Gasteiger partial charge in [-0.2, -0.15) is 0 Å². The lowest BCUT2D eigenvalue weighted by Crippen LogP contribution is -2.49. The van der Waals surface area contributed by atoms with Gasteiger partial charge in [0, 0.05) is 14.8 Å². The summed E-state index contributed by atoms with van der Waals surface area (Å²) >= 11 is 31.9. The number of halogens is 6. The number of amides is 1. The summed E-state index contributed by atoms with van der Waals surface area (Å²) in [5, 5.41) is 6.33. The molecule has 0 fully saturated rings.